The highest BCUT2D eigenvalue weighted by atomic mass is 35.5. The first kappa shape index (κ1) is 30.0. The molecule has 240 valence electrons. The van der Waals surface area contributed by atoms with Gasteiger partial charge in [-0.15, -0.1) is 11.3 Å². The number of phenols is 1. The fourth-order valence-electron chi connectivity index (χ4n) is 8.67. The lowest BCUT2D eigenvalue weighted by Crippen LogP contribution is -2.48. The van der Waals surface area contributed by atoms with Crippen molar-refractivity contribution in [1.29, 1.82) is 0 Å². The molecular formula is C35H31ClN4O6S. The van der Waals surface area contributed by atoms with Crippen LogP contribution in [0.2, 0.25) is 5.02 Å². The van der Waals surface area contributed by atoms with E-state index in [1.54, 1.807) is 48.2 Å². The van der Waals surface area contributed by atoms with E-state index in [2.05, 4.69) is 0 Å². The van der Waals surface area contributed by atoms with Crippen molar-refractivity contribution in [1.82, 2.24) is 14.8 Å². The number of aromatic nitrogens is 2. The van der Waals surface area contributed by atoms with E-state index >= 15 is 0 Å². The highest BCUT2D eigenvalue weighted by Gasteiger charge is 2.68. The maximum atomic E-state index is 14.8. The first-order valence-corrected chi connectivity index (χ1v) is 16.7. The smallest absolute Gasteiger partial charge is 0.257 e. The van der Waals surface area contributed by atoms with Crippen molar-refractivity contribution in [3.8, 4) is 16.3 Å². The predicted octanol–water partition coefficient (Wildman–Crippen LogP) is 5.90. The molecule has 6 atom stereocenters. The number of phenolic OH excluding ortho intramolecular Hbond substituents is 1. The number of hydroxylamine groups is 2. The number of nitrogens with zero attached hydrogens (tertiary/aromatic N) is 4. The van der Waals surface area contributed by atoms with Crippen LogP contribution in [0, 0.1) is 42.9 Å². The molecule has 2 aliphatic carbocycles. The molecule has 6 unspecified atom stereocenters. The minimum Gasteiger partial charge on any atom is -0.508 e. The number of allylic oxidation sites excluding steroid dienone is 2. The fourth-order valence-corrected chi connectivity index (χ4v) is 9.99. The number of anilines is 1. The summed E-state index contributed by atoms with van der Waals surface area (Å²) in [5.41, 5.74) is 2.53. The number of carbonyl (C=O) groups is 4. The zero-order valence-electron chi connectivity index (χ0n) is 26.0. The Hall–Kier alpha value is -4.32. The van der Waals surface area contributed by atoms with Gasteiger partial charge in [0.2, 0.25) is 11.8 Å². The second-order valence-electron chi connectivity index (χ2n) is 13.4. The maximum absolute atomic E-state index is 14.8. The molecule has 4 aromatic rings. The van der Waals surface area contributed by atoms with Gasteiger partial charge in [-0.05, 0) is 85.9 Å². The Balaban J connectivity index is 1.26. The van der Waals surface area contributed by atoms with Crippen molar-refractivity contribution in [2.24, 2.45) is 36.1 Å². The molecule has 12 heteroatoms. The van der Waals surface area contributed by atoms with Crippen molar-refractivity contribution in [3.63, 3.8) is 0 Å². The van der Waals surface area contributed by atoms with E-state index in [9.17, 15) is 29.5 Å². The maximum Gasteiger partial charge on any atom is 0.257 e. The Labute approximate surface area is 278 Å². The standard InChI is InChI=1S/C35H31ClN4O6S/c1-15-11-17(5-9-25(15)41)29-19-7-8-20-28(33(44)40(46)31(20)42)22(19)13-23-32(43)39(34(45)35(23,29)3)27-14-24(37-38(27)4)30-16(2)21-12-18(36)6-10-26(21)47-30/h5-7,9-12,14,20,22-23,28-29,41,46H,8,13H2,1-4H3. The molecule has 2 N–H and O–H groups in total. The molecule has 4 amide bonds. The van der Waals surface area contributed by atoms with Crippen molar-refractivity contribution in [2.45, 2.75) is 39.5 Å². The van der Waals surface area contributed by atoms with Crippen LogP contribution < -0.4 is 4.90 Å². The minimum absolute atomic E-state index is 0.102. The quantitative estimate of drug-likeness (QED) is 0.158. The SMILES string of the molecule is Cc1cc(C2C3=CCC4C(=O)N(O)C(=O)C4C3CC3C(=O)N(c4cc(-c5sc6ccc(Cl)cc6c5C)nn4C)C(=O)C32C)ccc1O. The second kappa shape index (κ2) is 10.1. The molecule has 1 saturated carbocycles. The highest BCUT2D eigenvalue weighted by Crippen LogP contribution is 2.63. The van der Waals surface area contributed by atoms with Crippen LogP contribution in [0.1, 0.15) is 42.4 Å². The van der Waals surface area contributed by atoms with Crippen LogP contribution in [0.5, 0.6) is 5.75 Å². The van der Waals surface area contributed by atoms with Gasteiger partial charge < -0.3 is 5.11 Å². The first-order valence-electron chi connectivity index (χ1n) is 15.5. The summed E-state index contributed by atoms with van der Waals surface area (Å²) in [6.07, 6.45) is 2.33. The van der Waals surface area contributed by atoms with E-state index in [0.29, 0.717) is 22.1 Å². The Morgan fingerprint density at radius 3 is 2.51 bits per heavy atom. The van der Waals surface area contributed by atoms with Gasteiger partial charge in [-0.25, -0.2) is 4.90 Å². The van der Waals surface area contributed by atoms with Gasteiger partial charge in [0.1, 0.15) is 17.3 Å². The predicted molar refractivity (Wildman–Crippen MR) is 175 cm³/mol. The van der Waals surface area contributed by atoms with Crippen LogP contribution >= 0.6 is 22.9 Å². The molecule has 2 aromatic carbocycles. The number of amides is 4. The van der Waals surface area contributed by atoms with Gasteiger partial charge in [0.15, 0.2) is 0 Å². The number of imide groups is 2. The Kier molecular flexibility index (Phi) is 6.45. The van der Waals surface area contributed by atoms with E-state index in [1.807, 2.05) is 44.2 Å². The monoisotopic (exact) mass is 670 g/mol. The number of benzene rings is 2. The number of halogens is 1. The second-order valence-corrected chi connectivity index (χ2v) is 14.9. The lowest BCUT2D eigenvalue weighted by atomic mass is 9.51. The number of fused-ring (bicyclic) bond motifs is 5. The molecule has 0 bridgehead atoms. The van der Waals surface area contributed by atoms with Gasteiger partial charge in [-0.2, -0.15) is 10.2 Å². The van der Waals surface area contributed by atoms with Crippen molar-refractivity contribution in [3.05, 3.63) is 75.8 Å². The lowest BCUT2D eigenvalue weighted by Gasteiger charge is -2.49. The summed E-state index contributed by atoms with van der Waals surface area (Å²) in [6.45, 7) is 5.57. The van der Waals surface area contributed by atoms with E-state index in [4.69, 9.17) is 16.7 Å². The average Bonchev–Trinajstić information content (AvgIpc) is 3.70. The number of carbonyl (C=O) groups excluding carboxylic acids is 4. The third-order valence-corrected chi connectivity index (χ3v) is 12.6. The molecule has 2 aromatic heterocycles. The fraction of sp³-hybridized carbons (Fsp3) is 0.343. The highest BCUT2D eigenvalue weighted by molar-refractivity contribution is 7.22. The van der Waals surface area contributed by atoms with Crippen LogP contribution in [0.4, 0.5) is 5.82 Å². The van der Waals surface area contributed by atoms with Crippen molar-refractivity contribution in [2.75, 3.05) is 4.90 Å². The third kappa shape index (κ3) is 3.96. The van der Waals surface area contributed by atoms with Gasteiger partial charge in [-0.1, -0.05) is 35.4 Å². The number of thiophene rings is 1. The molecule has 47 heavy (non-hydrogen) atoms. The van der Waals surface area contributed by atoms with Gasteiger partial charge >= 0.3 is 0 Å². The molecule has 4 aliphatic rings. The molecule has 2 saturated heterocycles. The van der Waals surface area contributed by atoms with Crippen LogP contribution in [-0.2, 0) is 26.2 Å². The Morgan fingerprint density at radius 2 is 1.77 bits per heavy atom. The molecule has 2 aliphatic heterocycles. The molecule has 3 fully saturated rings. The summed E-state index contributed by atoms with van der Waals surface area (Å²) in [6, 6.07) is 12.6. The van der Waals surface area contributed by atoms with Crippen molar-refractivity contribution < 1.29 is 29.5 Å². The molecule has 0 spiro atoms. The minimum atomic E-state index is -1.24. The number of hydrogen-bond acceptors (Lipinski definition) is 8. The summed E-state index contributed by atoms with van der Waals surface area (Å²) in [4.78, 5) is 57.6. The summed E-state index contributed by atoms with van der Waals surface area (Å²) in [5.74, 6) is -5.19. The van der Waals surface area contributed by atoms with Crippen LogP contribution in [0.3, 0.4) is 0 Å². The van der Waals surface area contributed by atoms with Gasteiger partial charge in [0.05, 0.1) is 28.0 Å². The number of hydrogen-bond donors (Lipinski definition) is 2. The zero-order chi connectivity index (χ0) is 33.3. The van der Waals surface area contributed by atoms with E-state index < -0.39 is 52.7 Å². The number of rotatable bonds is 3. The largest absolute Gasteiger partial charge is 0.508 e. The number of aryl methyl sites for hydroxylation is 3. The third-order valence-electron chi connectivity index (χ3n) is 11.0. The van der Waals surface area contributed by atoms with Crippen molar-refractivity contribution >= 4 is 62.5 Å². The van der Waals surface area contributed by atoms with Crippen LogP contribution in [-0.4, -0.2) is 48.8 Å². The van der Waals surface area contributed by atoms with E-state index in [-0.39, 0.29) is 29.6 Å². The average molecular weight is 671 g/mol. The summed E-state index contributed by atoms with van der Waals surface area (Å²) < 4.78 is 2.59. The Bertz CT molecular complexity index is 2130. The molecule has 8 rings (SSSR count). The summed E-state index contributed by atoms with van der Waals surface area (Å²) >= 11 is 7.83. The first-order chi connectivity index (χ1) is 22.3. The van der Waals surface area contributed by atoms with Crippen LogP contribution in [0.15, 0.2) is 54.1 Å². The normalized spacial score (nSPS) is 28.6. The van der Waals surface area contributed by atoms with E-state index in [1.165, 1.54) is 4.90 Å². The summed E-state index contributed by atoms with van der Waals surface area (Å²) in [7, 11) is 1.70. The molecular weight excluding hydrogens is 640 g/mol. The summed E-state index contributed by atoms with van der Waals surface area (Å²) in [5, 5.41) is 27.3. The molecule has 10 nitrogen and oxygen atoms in total. The van der Waals surface area contributed by atoms with E-state index in [0.717, 1.165) is 31.7 Å². The van der Waals surface area contributed by atoms with Gasteiger partial charge in [0, 0.05) is 28.8 Å². The Morgan fingerprint density at radius 1 is 1.00 bits per heavy atom. The molecule has 0 radical (unpaired) electrons. The number of aromatic hydroxyl groups is 1. The lowest BCUT2D eigenvalue weighted by molar-refractivity contribution is -0.173. The zero-order valence-corrected chi connectivity index (χ0v) is 27.6. The topological polar surface area (TPSA) is 133 Å². The van der Waals surface area contributed by atoms with Gasteiger partial charge in [0.25, 0.3) is 11.8 Å². The molecule has 4 heterocycles. The van der Waals surface area contributed by atoms with Gasteiger partial charge in [-0.3, -0.25) is 29.1 Å². The van der Waals surface area contributed by atoms with Crippen LogP contribution in [0.25, 0.3) is 20.7 Å².